The van der Waals surface area contributed by atoms with Crippen molar-refractivity contribution in [2.45, 2.75) is 65.5 Å². The smallest absolute Gasteiger partial charge is 0.254 e. The normalized spacial score (nSPS) is 15.0. The molecule has 0 aromatic heterocycles. The number of aliphatic imine (C=N–C) groups is 1. The standard InChI is InChI=1S/C23H37N5O2.HI/c1-4-6-7-8-9-18(3)27-23(24-5-2)26-16-19-10-12-20(13-11-19)22(30)28-15-14-25-21(29)17-28;/h10-13,18H,4-9,14-17H2,1-3H3,(H,25,29)(H2,24,26,27);1H. The van der Waals surface area contributed by atoms with E-state index >= 15 is 0 Å². The fourth-order valence-corrected chi connectivity index (χ4v) is 3.42. The Labute approximate surface area is 203 Å². The van der Waals surface area contributed by atoms with Gasteiger partial charge in [-0.2, -0.15) is 0 Å². The summed E-state index contributed by atoms with van der Waals surface area (Å²) in [5.74, 6) is 0.607. The summed E-state index contributed by atoms with van der Waals surface area (Å²) in [6, 6.07) is 7.87. The second-order valence-electron chi connectivity index (χ2n) is 7.86. The number of unbranched alkanes of at least 4 members (excludes halogenated alkanes) is 3. The lowest BCUT2D eigenvalue weighted by atomic mass is 10.1. The van der Waals surface area contributed by atoms with Crippen LogP contribution in [-0.4, -0.2) is 54.9 Å². The Kier molecular flexibility index (Phi) is 13.2. The van der Waals surface area contributed by atoms with Crippen molar-refractivity contribution in [3.8, 4) is 0 Å². The Bertz CT molecular complexity index is 708. The first-order valence-corrected chi connectivity index (χ1v) is 11.2. The predicted molar refractivity (Wildman–Crippen MR) is 137 cm³/mol. The summed E-state index contributed by atoms with van der Waals surface area (Å²) >= 11 is 0. The Hall–Kier alpha value is -1.84. The number of nitrogens with one attached hydrogen (secondary N) is 3. The van der Waals surface area contributed by atoms with Gasteiger partial charge in [-0.15, -0.1) is 24.0 Å². The average molecular weight is 543 g/mol. The van der Waals surface area contributed by atoms with Crippen molar-refractivity contribution in [1.82, 2.24) is 20.9 Å². The van der Waals surface area contributed by atoms with Crippen LogP contribution in [0.5, 0.6) is 0 Å². The van der Waals surface area contributed by atoms with Gasteiger partial charge in [-0.05, 0) is 38.0 Å². The van der Waals surface area contributed by atoms with E-state index in [0.29, 0.717) is 31.2 Å². The van der Waals surface area contributed by atoms with Crippen LogP contribution in [0.4, 0.5) is 0 Å². The van der Waals surface area contributed by atoms with Crippen molar-refractivity contribution in [3.05, 3.63) is 35.4 Å². The predicted octanol–water partition coefficient (Wildman–Crippen LogP) is 3.29. The molecule has 0 spiro atoms. The SMILES string of the molecule is CCCCCCC(C)NC(=NCc1ccc(C(=O)N2CCNC(=O)C2)cc1)NCC.I. The molecule has 0 aliphatic carbocycles. The molecule has 1 aromatic rings. The maximum atomic E-state index is 12.6. The minimum absolute atomic E-state index is 0. The van der Waals surface area contributed by atoms with Gasteiger partial charge in [0.25, 0.3) is 5.91 Å². The molecule has 1 heterocycles. The number of nitrogens with zero attached hydrogens (tertiary/aromatic N) is 2. The van der Waals surface area contributed by atoms with Gasteiger partial charge in [0.15, 0.2) is 5.96 Å². The van der Waals surface area contributed by atoms with E-state index in [9.17, 15) is 9.59 Å². The fourth-order valence-electron chi connectivity index (χ4n) is 3.42. The zero-order valence-corrected chi connectivity index (χ0v) is 21.4. The van der Waals surface area contributed by atoms with Gasteiger partial charge in [-0.1, -0.05) is 44.7 Å². The molecule has 2 rings (SSSR count). The summed E-state index contributed by atoms with van der Waals surface area (Å²) < 4.78 is 0. The van der Waals surface area contributed by atoms with E-state index in [1.807, 2.05) is 24.3 Å². The average Bonchev–Trinajstić information content (AvgIpc) is 2.75. The molecule has 8 heteroatoms. The van der Waals surface area contributed by atoms with E-state index in [2.05, 4.69) is 41.7 Å². The molecular formula is C23H38IN5O2. The van der Waals surface area contributed by atoms with Crippen LogP contribution >= 0.6 is 24.0 Å². The quantitative estimate of drug-likeness (QED) is 0.183. The first kappa shape index (κ1) is 27.2. The van der Waals surface area contributed by atoms with Gasteiger partial charge in [-0.3, -0.25) is 9.59 Å². The van der Waals surface area contributed by atoms with Crippen molar-refractivity contribution >= 4 is 41.8 Å². The molecule has 1 unspecified atom stereocenters. The third-order valence-electron chi connectivity index (χ3n) is 5.16. The fraction of sp³-hybridized carbons (Fsp3) is 0.609. The lowest BCUT2D eigenvalue weighted by Crippen LogP contribution is -2.49. The molecule has 0 bridgehead atoms. The monoisotopic (exact) mass is 543 g/mol. The summed E-state index contributed by atoms with van der Waals surface area (Å²) in [4.78, 5) is 30.3. The molecule has 1 saturated heterocycles. The highest BCUT2D eigenvalue weighted by atomic mass is 127. The number of carbonyl (C=O) groups is 2. The number of amides is 2. The Morgan fingerprint density at radius 1 is 1.19 bits per heavy atom. The van der Waals surface area contributed by atoms with Crippen LogP contribution in [-0.2, 0) is 11.3 Å². The van der Waals surface area contributed by atoms with Crippen molar-refractivity contribution in [3.63, 3.8) is 0 Å². The molecule has 3 N–H and O–H groups in total. The summed E-state index contributed by atoms with van der Waals surface area (Å²) in [6.45, 7) is 9.01. The molecule has 1 aliphatic rings. The Balaban J connectivity index is 0.00000480. The second-order valence-corrected chi connectivity index (χ2v) is 7.86. The number of guanidine groups is 1. The number of piperazine rings is 1. The number of hydrogen-bond donors (Lipinski definition) is 3. The van der Waals surface area contributed by atoms with Crippen molar-refractivity contribution in [2.24, 2.45) is 4.99 Å². The maximum Gasteiger partial charge on any atom is 0.254 e. The molecule has 1 aromatic carbocycles. The summed E-state index contributed by atoms with van der Waals surface area (Å²) in [7, 11) is 0. The Morgan fingerprint density at radius 3 is 2.58 bits per heavy atom. The molecule has 174 valence electrons. The van der Waals surface area contributed by atoms with Crippen LogP contribution in [0, 0.1) is 0 Å². The van der Waals surface area contributed by atoms with Crippen molar-refractivity contribution in [1.29, 1.82) is 0 Å². The van der Waals surface area contributed by atoms with Gasteiger partial charge in [0.05, 0.1) is 13.1 Å². The number of halogens is 1. The highest BCUT2D eigenvalue weighted by Gasteiger charge is 2.22. The van der Waals surface area contributed by atoms with E-state index in [0.717, 1.165) is 24.5 Å². The van der Waals surface area contributed by atoms with Gasteiger partial charge in [0.1, 0.15) is 0 Å². The largest absolute Gasteiger partial charge is 0.357 e. The van der Waals surface area contributed by atoms with Crippen LogP contribution in [0.3, 0.4) is 0 Å². The second kappa shape index (κ2) is 15.0. The minimum Gasteiger partial charge on any atom is -0.357 e. The topological polar surface area (TPSA) is 85.8 Å². The van der Waals surface area contributed by atoms with E-state index in [1.165, 1.54) is 25.7 Å². The zero-order chi connectivity index (χ0) is 21.8. The molecule has 7 nitrogen and oxygen atoms in total. The molecule has 1 aliphatic heterocycles. The highest BCUT2D eigenvalue weighted by Crippen LogP contribution is 2.10. The van der Waals surface area contributed by atoms with E-state index in [-0.39, 0.29) is 42.3 Å². The maximum absolute atomic E-state index is 12.6. The number of benzene rings is 1. The van der Waals surface area contributed by atoms with Crippen LogP contribution in [0.2, 0.25) is 0 Å². The van der Waals surface area contributed by atoms with Gasteiger partial charge < -0.3 is 20.9 Å². The molecule has 1 atom stereocenters. The van der Waals surface area contributed by atoms with Gasteiger partial charge >= 0.3 is 0 Å². The molecule has 1 fully saturated rings. The van der Waals surface area contributed by atoms with Crippen molar-refractivity contribution in [2.75, 3.05) is 26.2 Å². The van der Waals surface area contributed by atoms with Gasteiger partial charge in [0.2, 0.25) is 5.91 Å². The molecule has 2 amide bonds. The summed E-state index contributed by atoms with van der Waals surface area (Å²) in [5, 5.41) is 9.52. The number of rotatable bonds is 10. The molecule has 0 radical (unpaired) electrons. The van der Waals surface area contributed by atoms with Crippen LogP contribution in [0.15, 0.2) is 29.3 Å². The number of hydrogen-bond acceptors (Lipinski definition) is 3. The molecule has 0 saturated carbocycles. The van der Waals surface area contributed by atoms with Gasteiger partial charge in [0, 0.05) is 31.2 Å². The third kappa shape index (κ3) is 9.88. The van der Waals surface area contributed by atoms with Crippen LogP contribution in [0.1, 0.15) is 68.8 Å². The zero-order valence-electron chi connectivity index (χ0n) is 19.1. The van der Waals surface area contributed by atoms with Crippen LogP contribution < -0.4 is 16.0 Å². The van der Waals surface area contributed by atoms with Crippen molar-refractivity contribution < 1.29 is 9.59 Å². The lowest BCUT2D eigenvalue weighted by Gasteiger charge is -2.26. The van der Waals surface area contributed by atoms with E-state index in [1.54, 1.807) is 4.90 Å². The summed E-state index contributed by atoms with van der Waals surface area (Å²) in [6.07, 6.45) is 6.20. The lowest BCUT2D eigenvalue weighted by molar-refractivity contribution is -0.123. The molecular weight excluding hydrogens is 505 g/mol. The number of carbonyl (C=O) groups excluding carboxylic acids is 2. The minimum atomic E-state index is -0.108. The first-order valence-electron chi connectivity index (χ1n) is 11.2. The van der Waals surface area contributed by atoms with E-state index < -0.39 is 0 Å². The molecule has 31 heavy (non-hydrogen) atoms. The Morgan fingerprint density at radius 2 is 1.94 bits per heavy atom. The highest BCUT2D eigenvalue weighted by molar-refractivity contribution is 14.0. The van der Waals surface area contributed by atoms with Gasteiger partial charge in [-0.25, -0.2) is 4.99 Å². The summed E-state index contributed by atoms with van der Waals surface area (Å²) in [5.41, 5.74) is 1.64. The third-order valence-corrected chi connectivity index (χ3v) is 5.16. The van der Waals surface area contributed by atoms with E-state index in [4.69, 9.17) is 0 Å². The first-order chi connectivity index (χ1) is 14.5. The van der Waals surface area contributed by atoms with Crippen LogP contribution in [0.25, 0.3) is 0 Å².